The van der Waals surface area contributed by atoms with Gasteiger partial charge in [0.25, 0.3) is 0 Å². The molecule has 84 valence electrons. The number of rotatable bonds is 5. The van der Waals surface area contributed by atoms with Crippen molar-refractivity contribution in [3.05, 3.63) is 0 Å². The van der Waals surface area contributed by atoms with Gasteiger partial charge in [0.05, 0.1) is 12.7 Å². The molecule has 1 rings (SSSR count). The standard InChI is InChI=1S/C12H25NO/c1-3-5-11(13)9-14-12-7-4-6-10(2)8-12/h10-12H,3-9,13H2,1-2H3. The lowest BCUT2D eigenvalue weighted by atomic mass is 9.89. The number of ether oxygens (including phenoxy) is 1. The van der Waals surface area contributed by atoms with Crippen LogP contribution < -0.4 is 5.73 Å². The van der Waals surface area contributed by atoms with Crippen molar-refractivity contribution in [1.82, 2.24) is 0 Å². The van der Waals surface area contributed by atoms with Crippen molar-refractivity contribution in [1.29, 1.82) is 0 Å². The lowest BCUT2D eigenvalue weighted by molar-refractivity contribution is 0.00785. The Labute approximate surface area is 88.2 Å². The summed E-state index contributed by atoms with van der Waals surface area (Å²) < 4.78 is 5.84. The van der Waals surface area contributed by atoms with Crippen molar-refractivity contribution in [3.8, 4) is 0 Å². The lowest BCUT2D eigenvalue weighted by Gasteiger charge is -2.27. The molecular weight excluding hydrogens is 174 g/mol. The topological polar surface area (TPSA) is 35.2 Å². The van der Waals surface area contributed by atoms with Crippen molar-refractivity contribution < 1.29 is 4.74 Å². The molecule has 1 aliphatic carbocycles. The SMILES string of the molecule is CCCC(N)COC1CCCC(C)C1. The molecule has 1 aliphatic rings. The van der Waals surface area contributed by atoms with E-state index in [1.54, 1.807) is 0 Å². The monoisotopic (exact) mass is 199 g/mol. The smallest absolute Gasteiger partial charge is 0.0621 e. The Kier molecular flexibility index (Phi) is 5.49. The minimum atomic E-state index is 0.247. The molecule has 0 bridgehead atoms. The Hall–Kier alpha value is -0.0800. The summed E-state index contributed by atoms with van der Waals surface area (Å²) in [6, 6.07) is 0.247. The van der Waals surface area contributed by atoms with E-state index in [9.17, 15) is 0 Å². The first-order chi connectivity index (χ1) is 6.72. The van der Waals surface area contributed by atoms with Gasteiger partial charge in [-0.3, -0.25) is 0 Å². The molecular formula is C12H25NO. The summed E-state index contributed by atoms with van der Waals surface area (Å²) in [6.07, 6.45) is 7.91. The van der Waals surface area contributed by atoms with Gasteiger partial charge in [-0.1, -0.05) is 33.1 Å². The quantitative estimate of drug-likeness (QED) is 0.739. The molecule has 14 heavy (non-hydrogen) atoms. The second-order valence-corrected chi connectivity index (χ2v) is 4.78. The normalized spacial score (nSPS) is 30.2. The fraction of sp³-hybridized carbons (Fsp3) is 1.00. The van der Waals surface area contributed by atoms with Gasteiger partial charge in [-0.15, -0.1) is 0 Å². The third kappa shape index (κ3) is 4.43. The molecule has 0 aromatic rings. The van der Waals surface area contributed by atoms with Crippen LogP contribution in [-0.4, -0.2) is 18.8 Å². The maximum atomic E-state index is 5.91. The molecule has 1 saturated carbocycles. The fourth-order valence-electron chi connectivity index (χ4n) is 2.24. The predicted molar refractivity (Wildman–Crippen MR) is 60.3 cm³/mol. The van der Waals surface area contributed by atoms with Crippen LogP contribution in [0.4, 0.5) is 0 Å². The van der Waals surface area contributed by atoms with Gasteiger partial charge >= 0.3 is 0 Å². The zero-order valence-corrected chi connectivity index (χ0v) is 9.67. The first-order valence-corrected chi connectivity index (χ1v) is 6.09. The van der Waals surface area contributed by atoms with Gasteiger partial charge in [-0.25, -0.2) is 0 Å². The first kappa shape index (κ1) is 12.0. The molecule has 0 amide bonds. The van der Waals surface area contributed by atoms with E-state index < -0.39 is 0 Å². The van der Waals surface area contributed by atoms with E-state index in [1.807, 2.05) is 0 Å². The van der Waals surface area contributed by atoms with E-state index in [0.29, 0.717) is 6.10 Å². The predicted octanol–water partition coefficient (Wildman–Crippen LogP) is 2.71. The van der Waals surface area contributed by atoms with Crippen LogP contribution in [0.2, 0.25) is 0 Å². The van der Waals surface area contributed by atoms with Crippen molar-refractivity contribution in [2.24, 2.45) is 11.7 Å². The summed E-state index contributed by atoms with van der Waals surface area (Å²) in [7, 11) is 0. The van der Waals surface area contributed by atoms with Crippen LogP contribution in [0.1, 0.15) is 52.4 Å². The Morgan fingerprint density at radius 3 is 2.86 bits per heavy atom. The van der Waals surface area contributed by atoms with Crippen LogP contribution in [0.15, 0.2) is 0 Å². The van der Waals surface area contributed by atoms with E-state index in [0.717, 1.165) is 25.4 Å². The third-order valence-electron chi connectivity index (χ3n) is 3.09. The lowest BCUT2D eigenvalue weighted by Crippen LogP contribution is -2.30. The van der Waals surface area contributed by atoms with E-state index >= 15 is 0 Å². The highest BCUT2D eigenvalue weighted by atomic mass is 16.5. The Morgan fingerprint density at radius 2 is 2.21 bits per heavy atom. The Balaban J connectivity index is 2.10. The average Bonchev–Trinajstić information content (AvgIpc) is 2.15. The number of hydrogen-bond donors (Lipinski definition) is 1. The molecule has 2 nitrogen and oxygen atoms in total. The molecule has 2 heteroatoms. The van der Waals surface area contributed by atoms with Gasteiger partial charge < -0.3 is 10.5 Å². The van der Waals surface area contributed by atoms with Gasteiger partial charge in [0.15, 0.2) is 0 Å². The summed E-state index contributed by atoms with van der Waals surface area (Å²) in [5, 5.41) is 0. The van der Waals surface area contributed by atoms with Crippen LogP contribution in [0, 0.1) is 5.92 Å². The second-order valence-electron chi connectivity index (χ2n) is 4.78. The molecule has 0 saturated heterocycles. The van der Waals surface area contributed by atoms with Crippen molar-refractivity contribution in [3.63, 3.8) is 0 Å². The van der Waals surface area contributed by atoms with Crippen LogP contribution in [0.3, 0.4) is 0 Å². The van der Waals surface area contributed by atoms with Gasteiger partial charge in [-0.2, -0.15) is 0 Å². The summed E-state index contributed by atoms with van der Waals surface area (Å²) in [5.74, 6) is 0.844. The molecule has 0 spiro atoms. The molecule has 0 aromatic heterocycles. The first-order valence-electron chi connectivity index (χ1n) is 6.09. The molecule has 2 N–H and O–H groups in total. The van der Waals surface area contributed by atoms with Crippen LogP contribution in [0.25, 0.3) is 0 Å². The third-order valence-corrected chi connectivity index (χ3v) is 3.09. The summed E-state index contributed by atoms with van der Waals surface area (Å²) >= 11 is 0. The maximum Gasteiger partial charge on any atom is 0.0621 e. The van der Waals surface area contributed by atoms with Crippen molar-refractivity contribution >= 4 is 0 Å². The van der Waals surface area contributed by atoms with Crippen LogP contribution >= 0.6 is 0 Å². The summed E-state index contributed by atoms with van der Waals surface area (Å²) in [4.78, 5) is 0. The Morgan fingerprint density at radius 1 is 1.43 bits per heavy atom. The van der Waals surface area contributed by atoms with E-state index in [1.165, 1.54) is 25.7 Å². The van der Waals surface area contributed by atoms with E-state index in [4.69, 9.17) is 10.5 Å². The maximum absolute atomic E-state index is 5.91. The highest BCUT2D eigenvalue weighted by Gasteiger charge is 2.19. The average molecular weight is 199 g/mol. The zero-order valence-electron chi connectivity index (χ0n) is 9.67. The van der Waals surface area contributed by atoms with Crippen LogP contribution in [0.5, 0.6) is 0 Å². The number of hydrogen-bond acceptors (Lipinski definition) is 2. The van der Waals surface area contributed by atoms with Crippen molar-refractivity contribution in [2.75, 3.05) is 6.61 Å². The van der Waals surface area contributed by atoms with E-state index in [2.05, 4.69) is 13.8 Å². The van der Waals surface area contributed by atoms with Gasteiger partial charge in [0, 0.05) is 6.04 Å². The van der Waals surface area contributed by atoms with Gasteiger partial charge in [0.1, 0.15) is 0 Å². The molecule has 0 heterocycles. The highest BCUT2D eigenvalue weighted by molar-refractivity contribution is 4.71. The Bertz CT molecular complexity index is 149. The van der Waals surface area contributed by atoms with Gasteiger partial charge in [0.2, 0.25) is 0 Å². The highest BCUT2D eigenvalue weighted by Crippen LogP contribution is 2.25. The second kappa shape index (κ2) is 6.41. The largest absolute Gasteiger partial charge is 0.377 e. The molecule has 0 radical (unpaired) electrons. The molecule has 0 aromatic carbocycles. The zero-order chi connectivity index (χ0) is 10.4. The minimum Gasteiger partial charge on any atom is -0.377 e. The molecule has 3 atom stereocenters. The van der Waals surface area contributed by atoms with E-state index in [-0.39, 0.29) is 6.04 Å². The summed E-state index contributed by atoms with van der Waals surface area (Å²) in [5.41, 5.74) is 5.91. The molecule has 0 aliphatic heterocycles. The van der Waals surface area contributed by atoms with Gasteiger partial charge in [-0.05, 0) is 25.2 Å². The van der Waals surface area contributed by atoms with Crippen molar-refractivity contribution in [2.45, 2.75) is 64.5 Å². The number of nitrogens with two attached hydrogens (primary N) is 1. The molecule has 3 unspecified atom stereocenters. The molecule has 1 fully saturated rings. The minimum absolute atomic E-state index is 0.247. The fourth-order valence-corrected chi connectivity index (χ4v) is 2.24. The van der Waals surface area contributed by atoms with Crippen LogP contribution in [-0.2, 0) is 4.74 Å². The summed E-state index contributed by atoms with van der Waals surface area (Å²) in [6.45, 7) is 5.25.